The molecule has 2 aromatic heterocycles. The molecule has 0 aliphatic rings. The van der Waals surface area contributed by atoms with E-state index in [1.54, 1.807) is 83.6 Å². The molecular formula is C99H136Cl3I3N5O8S31-. The maximum absolute atomic E-state index is 14.0. The van der Waals surface area contributed by atoms with E-state index in [1.165, 1.54) is 251 Å². The minimum absolute atomic E-state index is 0.114. The van der Waals surface area contributed by atoms with Crippen molar-refractivity contribution in [1.29, 1.82) is 0 Å². The molecule has 7 aromatic carbocycles. The van der Waals surface area contributed by atoms with E-state index in [9.17, 15) is 29.5 Å². The van der Waals surface area contributed by atoms with Crippen molar-refractivity contribution in [2.24, 2.45) is 0 Å². The maximum atomic E-state index is 14.0. The molecule has 0 radical (unpaired) electrons. The van der Waals surface area contributed by atoms with Crippen LogP contribution in [0.15, 0.2) is 53.8 Å². The van der Waals surface area contributed by atoms with Gasteiger partial charge < -0.3 is 37.0 Å². The first-order valence-corrected chi connectivity index (χ1v) is 91.5. The average molecular weight is 3010 g/mol. The summed E-state index contributed by atoms with van der Waals surface area (Å²) in [5.41, 5.74) is 52.7. The van der Waals surface area contributed by atoms with Crippen molar-refractivity contribution < 1.29 is 52.6 Å². The fourth-order valence-electron chi connectivity index (χ4n) is 14.7. The fourth-order valence-corrected chi connectivity index (χ4v) is 41.6. The van der Waals surface area contributed by atoms with Crippen LogP contribution in [0.1, 0.15) is 267 Å². The van der Waals surface area contributed by atoms with Crippen LogP contribution in [0, 0.1) is 252 Å². The predicted octanol–water partition coefficient (Wildman–Crippen LogP) is 25.2. The van der Waals surface area contributed by atoms with E-state index >= 15 is 0 Å². The molecule has 834 valence electrons. The number of nitrogens with two attached hydrogens (primary N) is 1. The number of aliphatic hydroxyl groups excluding tert-OH is 1. The number of benzene rings is 7. The van der Waals surface area contributed by atoms with Crippen LogP contribution in [0.3, 0.4) is 0 Å². The monoisotopic (exact) mass is 3000 g/mol. The molecule has 0 aliphatic carbocycles. The number of carbonyl (C=O) groups excluding carboxylic acids is 3. The van der Waals surface area contributed by atoms with Crippen LogP contribution in [0.25, 0.3) is 0 Å². The van der Waals surface area contributed by atoms with Gasteiger partial charge in [-0.1, -0.05) is 46.0 Å². The van der Waals surface area contributed by atoms with Crippen molar-refractivity contribution in [3.05, 3.63) is 276 Å². The van der Waals surface area contributed by atoms with Crippen LogP contribution in [0.2, 0.25) is 0 Å². The summed E-state index contributed by atoms with van der Waals surface area (Å²) in [6.45, 7) is 80.2. The number of thioether (sulfide) groups is 1. The number of aromatic nitrogens is 2. The summed E-state index contributed by atoms with van der Waals surface area (Å²) in [6, 6.07) is 10.4. The van der Waals surface area contributed by atoms with Crippen LogP contribution in [0.5, 0.6) is 0 Å². The van der Waals surface area contributed by atoms with Crippen LogP contribution in [-0.4, -0.2) is 43.2 Å². The predicted molar refractivity (Wildman–Crippen MR) is 744 cm³/mol. The first kappa shape index (κ1) is 158. The molecule has 0 saturated carbocycles. The summed E-state index contributed by atoms with van der Waals surface area (Å²) >= 11 is 74.4. The molecule has 2 heterocycles. The Morgan fingerprint density at radius 1 is 0.356 bits per heavy atom. The Balaban J connectivity index is -0.000000539. The van der Waals surface area contributed by atoms with Gasteiger partial charge >= 0.3 is 56.5 Å². The molecule has 4 atom stereocenters. The molecule has 0 fully saturated rings. The Bertz CT molecular complexity index is 6740. The van der Waals surface area contributed by atoms with Crippen LogP contribution in [-0.2, 0) is 300 Å². The summed E-state index contributed by atoms with van der Waals surface area (Å²) < 4.78 is 2.16. The molecule has 13 nitrogen and oxygen atoms in total. The van der Waals surface area contributed by atoms with Crippen LogP contribution >= 0.6 is 96.0 Å². The number of carboxylic acids is 1. The number of halogens is 6. The Morgan fingerprint density at radius 3 is 0.826 bits per heavy atom. The standard InChI is InChI=1S/C29H36N2O2S.C24H32ClNO.C13H16Cl2O.C13H18O3.C11H17N.C5H5NOS.2C2H6.I3.2S7.S6.S5.S4/c1-15-17(3)21(7)26(22(8)18(15)4)28(34-25-13-11-12-14-31(25)33)29(32)30-27-23(9)19(5)16(2)20(6)24(27)10;1-11-13(3)17(7)21(18(8)14(11)4)22(25)24(27)26-23-19(9)15(5)12(2)16(6)20(23)10;2*1-6-7(2)9(4)11(10(5)8(6)3)12(14)13(15)16;1-6-7(2)9(4)11(12)10(5)8(6)3;7-6-4-2-1-3-5(6)8;2*1-2;1-3-2;2*1-3-5-7-6-4-2;1-3-5-6-4-2;1-3-5-4-2;1-3-4-2/h11-14,28H,1-10H3,(H,30,32);22H,1-10H3,(H,26,27);12H,1-5H3;12,14H,1-5H3,(H,15,16);12H2,1-5H3;1-4,7H;2*1-2H3;;;;;;/q;;;;;;;;-1;;;;;. The van der Waals surface area contributed by atoms with E-state index in [0.29, 0.717) is 28.5 Å². The van der Waals surface area contributed by atoms with Gasteiger partial charge in [-0.15, -0.1) is 23.2 Å². The number of amides is 2. The third-order valence-corrected chi connectivity index (χ3v) is 59.8. The smallest absolute Gasteiger partial charge is 0.142 e. The zero-order valence-corrected chi connectivity index (χ0v) is 125. The summed E-state index contributed by atoms with van der Waals surface area (Å²) in [4.78, 5) is 49.2. The van der Waals surface area contributed by atoms with Crippen LogP contribution in [0.4, 0.5) is 17.1 Å². The largest absolute Gasteiger partial charge is 0.428 e. The number of rotatable bonds is 12. The van der Waals surface area contributed by atoms with E-state index in [1.807, 2.05) is 96.1 Å². The summed E-state index contributed by atoms with van der Waals surface area (Å²) in [5, 5.41) is 44.2. The molecule has 149 heavy (non-hydrogen) atoms. The van der Waals surface area contributed by atoms with Crippen molar-refractivity contribution in [2.75, 3.05) is 16.4 Å². The van der Waals surface area contributed by atoms with Gasteiger partial charge in [0.05, 0.1) is 0 Å². The summed E-state index contributed by atoms with van der Waals surface area (Å²) in [6.07, 6.45) is 1.53. The fraction of sp³-hybridized carbons (Fsp3) is 0.434. The first-order valence-electron chi connectivity index (χ1n) is 44.4. The second-order valence-electron chi connectivity index (χ2n) is 32.0. The molecule has 0 bridgehead atoms. The number of nitrogens with zero attached hydrogens (tertiary/aromatic N) is 2. The van der Waals surface area contributed by atoms with Crippen molar-refractivity contribution in [1.82, 2.24) is 4.73 Å². The topological polar surface area (TPSA) is 211 Å². The Kier molecular flexibility index (Phi) is 91.1. The SMILES string of the molecule is CC.CC.Cc1c(C)c(C)c(C(Cl)C(=O)Cl)c(C)c1C.Cc1c(C)c(C)c(C(O)C(=O)O)c(C)c1C.Cc1c(C)c(C)c(N)c(C)c1C.Cc1c(C)c(C)c(NC(=O)C(Cl)c2c(C)c(C)c(C)c(C)c2C)c(C)c1C.Cc1c(C)c(C)c(NC(=O)C(Sc2cccc[n+]2[O-])c2c(C)c(C)c(C)c(C)c2C)c(C)c1C.I[I-]I.On1ccccc1=S.S=S=S=S.S=S=S=S=S.S=S=S=S=S=S.S=S=S=S=S=S=S.S=S=S=S=S=S=S. The van der Waals surface area contributed by atoms with E-state index in [4.69, 9.17) is 50.9 Å². The Labute approximate surface area is 1050 Å². The van der Waals surface area contributed by atoms with Gasteiger partial charge in [-0.2, -0.15) is 9.46 Å². The van der Waals surface area contributed by atoms with Crippen molar-refractivity contribution in [3.63, 3.8) is 0 Å². The average Bonchev–Trinajstić information content (AvgIpc) is 0.714. The third kappa shape index (κ3) is 51.5. The molecule has 0 aliphatic heterocycles. The molecule has 0 saturated heterocycles. The van der Waals surface area contributed by atoms with Crippen molar-refractivity contribution in [3.8, 4) is 0 Å². The molecule has 9 aromatic rings. The molecule has 50 heteroatoms. The molecule has 7 N–H and O–H groups in total. The molecular weight excluding hydrogens is 2870 g/mol. The molecule has 2 amide bonds. The second-order valence-corrected chi connectivity index (χ2v) is 84.7. The number of nitrogen functional groups attached to an aromatic ring is 1. The molecule has 4 unspecified atom stereocenters. The van der Waals surface area contributed by atoms with Gasteiger partial charge in [0.15, 0.2) is 12.3 Å². The van der Waals surface area contributed by atoms with Gasteiger partial charge in [0.25, 0.3) is 5.03 Å². The van der Waals surface area contributed by atoms with Gasteiger partial charge in [0.1, 0.15) is 20.6 Å². The normalized spacial score (nSPS) is 10.4. The van der Waals surface area contributed by atoms with Crippen molar-refractivity contribution in [2.45, 2.75) is 297 Å². The van der Waals surface area contributed by atoms with E-state index < -0.39 is 33.3 Å². The number of hydrogen-bond donors (Lipinski definition) is 6. The Morgan fingerprint density at radius 2 is 0.591 bits per heavy atom. The van der Waals surface area contributed by atoms with E-state index in [0.717, 1.165) is 127 Å². The van der Waals surface area contributed by atoms with Gasteiger partial charge in [-0.05, 0) is 501 Å². The van der Waals surface area contributed by atoms with Gasteiger partial charge in [-0.25, -0.2) is 4.79 Å². The number of aliphatic hydroxyl groups is 1. The Hall–Kier alpha value is 0.290. The van der Waals surface area contributed by atoms with E-state index in [2.05, 4.69) is 352 Å². The number of alkyl halides is 2. The quantitative estimate of drug-likeness (QED) is 0.00773. The number of aliphatic carboxylic acids is 1. The zero-order valence-electron chi connectivity index (χ0n) is 90.7. The number of anilines is 3. The van der Waals surface area contributed by atoms with Crippen LogP contribution < -0.4 is 34.4 Å². The third-order valence-electron chi connectivity index (χ3n) is 25.9. The summed E-state index contributed by atoms with van der Waals surface area (Å²) in [7, 11) is 26.7. The van der Waals surface area contributed by atoms with Gasteiger partial charge in [0.2, 0.25) is 17.1 Å². The number of hydrogen-bond acceptors (Lipinski definition) is 20. The summed E-state index contributed by atoms with van der Waals surface area (Å²) in [5.74, 6) is -1.48. The first-order chi connectivity index (χ1) is 69.6. The molecule has 0 spiro atoms. The zero-order chi connectivity index (χ0) is 117. The van der Waals surface area contributed by atoms with Gasteiger partial charge in [-0.3, -0.25) is 14.4 Å². The van der Waals surface area contributed by atoms with E-state index in [-0.39, 0.29) is 11.8 Å². The molecule has 9 rings (SSSR count). The minimum atomic E-state index is -1.43. The minimum Gasteiger partial charge on any atom is -0.428 e. The number of pyridine rings is 2. The second kappa shape index (κ2) is 86.1. The van der Waals surface area contributed by atoms with Crippen molar-refractivity contribution >= 4 is 417 Å². The number of carbonyl (C=O) groups is 4. The maximum Gasteiger partial charge on any atom is 0.142 e. The van der Waals surface area contributed by atoms with Gasteiger partial charge in [0, 0.05) is 316 Å². The number of carboxylic acid groups (broad SMARTS) is 1. The number of nitrogens with one attached hydrogen (secondary N) is 2.